The van der Waals surface area contributed by atoms with Crippen LogP contribution in [-0.2, 0) is 0 Å². The maximum atomic E-state index is 5.35. The van der Waals surface area contributed by atoms with Gasteiger partial charge in [0.05, 0.1) is 12.3 Å². The minimum Gasteiger partial charge on any atom is -0.348 e. The van der Waals surface area contributed by atoms with E-state index in [0.717, 1.165) is 27.5 Å². The molecule has 2 nitrogen and oxygen atoms in total. The highest BCUT2D eigenvalue weighted by Crippen LogP contribution is 2.25. The highest BCUT2D eigenvalue weighted by molar-refractivity contribution is 7.80. The molecule has 0 fully saturated rings. The van der Waals surface area contributed by atoms with Gasteiger partial charge in [-0.2, -0.15) is 0 Å². The molecule has 0 aliphatic carbocycles. The predicted molar refractivity (Wildman–Crippen MR) is 98.4 cm³/mol. The van der Waals surface area contributed by atoms with Crippen molar-refractivity contribution in [2.75, 3.05) is 11.9 Å². The number of benzene rings is 2. The van der Waals surface area contributed by atoms with Crippen molar-refractivity contribution < 1.29 is 0 Å². The van der Waals surface area contributed by atoms with Crippen molar-refractivity contribution in [2.45, 2.75) is 26.7 Å². The Labute approximate surface area is 137 Å². The first-order valence-electron chi connectivity index (χ1n) is 7.60. The van der Waals surface area contributed by atoms with Crippen LogP contribution in [0.5, 0.6) is 0 Å². The molecule has 0 aromatic heterocycles. The van der Waals surface area contributed by atoms with Crippen LogP contribution in [0.3, 0.4) is 0 Å². The van der Waals surface area contributed by atoms with Gasteiger partial charge in [-0.25, -0.2) is 0 Å². The monoisotopic (exact) mass is 308 g/mol. The van der Waals surface area contributed by atoms with Gasteiger partial charge in [-0.3, -0.25) is 4.99 Å². The molecule has 3 rings (SSSR count). The molecule has 2 aromatic carbocycles. The van der Waals surface area contributed by atoms with Crippen molar-refractivity contribution in [3.63, 3.8) is 0 Å². The molecule has 1 heterocycles. The fraction of sp³-hybridized carbons (Fsp3) is 0.263. The van der Waals surface area contributed by atoms with E-state index in [2.05, 4.69) is 68.6 Å². The van der Waals surface area contributed by atoms with E-state index in [1.54, 1.807) is 0 Å². The van der Waals surface area contributed by atoms with Crippen LogP contribution in [0, 0.1) is 6.92 Å². The molecule has 1 N–H and O–H groups in total. The Morgan fingerprint density at radius 3 is 2.50 bits per heavy atom. The molecule has 0 saturated heterocycles. The van der Waals surface area contributed by atoms with E-state index in [-0.39, 0.29) is 0 Å². The molecule has 0 saturated carbocycles. The Bertz CT molecular complexity index is 743. The summed E-state index contributed by atoms with van der Waals surface area (Å²) >= 11 is 5.35. The van der Waals surface area contributed by atoms with Crippen molar-refractivity contribution >= 4 is 28.6 Å². The minimum atomic E-state index is 0.532. The third kappa shape index (κ3) is 2.95. The number of rotatable bonds is 2. The van der Waals surface area contributed by atoms with Gasteiger partial charge in [0.2, 0.25) is 0 Å². The highest BCUT2D eigenvalue weighted by atomic mass is 32.1. The molecule has 0 bridgehead atoms. The number of aryl methyl sites for hydroxylation is 1. The summed E-state index contributed by atoms with van der Waals surface area (Å²) in [5.41, 5.74) is 6.87. The molecule has 22 heavy (non-hydrogen) atoms. The van der Waals surface area contributed by atoms with Gasteiger partial charge in [-0.15, -0.1) is 0 Å². The van der Waals surface area contributed by atoms with Crippen LogP contribution in [-0.4, -0.2) is 17.2 Å². The largest absolute Gasteiger partial charge is 0.348 e. The van der Waals surface area contributed by atoms with E-state index in [0.29, 0.717) is 12.5 Å². The maximum Gasteiger partial charge on any atom is 0.102 e. The van der Waals surface area contributed by atoms with Gasteiger partial charge in [-0.1, -0.05) is 62.5 Å². The fourth-order valence-electron chi connectivity index (χ4n) is 2.67. The molecule has 112 valence electrons. The van der Waals surface area contributed by atoms with Gasteiger partial charge in [0.1, 0.15) is 4.99 Å². The van der Waals surface area contributed by atoms with Gasteiger partial charge in [0.25, 0.3) is 0 Å². The van der Waals surface area contributed by atoms with E-state index in [1.807, 2.05) is 0 Å². The number of benzodiazepines with no additional fused rings is 1. The summed E-state index contributed by atoms with van der Waals surface area (Å²) in [7, 11) is 0. The molecule has 0 radical (unpaired) electrons. The number of fused-ring (bicyclic) bond motifs is 1. The number of anilines is 1. The lowest BCUT2D eigenvalue weighted by atomic mass is 9.96. The molecule has 0 amide bonds. The third-order valence-electron chi connectivity index (χ3n) is 3.94. The normalized spacial score (nSPS) is 14.2. The molecule has 1 aliphatic heterocycles. The molecule has 3 heteroatoms. The van der Waals surface area contributed by atoms with Crippen molar-refractivity contribution in [3.8, 4) is 0 Å². The van der Waals surface area contributed by atoms with Gasteiger partial charge in [-0.05, 0) is 30.0 Å². The summed E-state index contributed by atoms with van der Waals surface area (Å²) in [6.07, 6.45) is 0. The average Bonchev–Trinajstić information content (AvgIpc) is 2.65. The maximum absolute atomic E-state index is 5.35. The number of nitrogens with one attached hydrogen (secondary N) is 1. The third-order valence-corrected chi connectivity index (χ3v) is 4.17. The molecule has 0 spiro atoms. The number of thiocarbonyl (C=S) groups is 1. The van der Waals surface area contributed by atoms with Crippen LogP contribution in [0.4, 0.5) is 5.69 Å². The lowest BCUT2D eigenvalue weighted by Crippen LogP contribution is -2.11. The van der Waals surface area contributed by atoms with Crippen LogP contribution in [0.2, 0.25) is 0 Å². The second kappa shape index (κ2) is 6.01. The van der Waals surface area contributed by atoms with Crippen LogP contribution >= 0.6 is 12.2 Å². The summed E-state index contributed by atoms with van der Waals surface area (Å²) < 4.78 is 0. The lowest BCUT2D eigenvalue weighted by molar-refractivity contribution is 0.866. The predicted octanol–water partition coefficient (Wildman–Crippen LogP) is 4.71. The number of aliphatic imine (C=N–C) groups is 1. The summed E-state index contributed by atoms with van der Waals surface area (Å²) in [5.74, 6) is 0.536. The Balaban J connectivity index is 2.08. The van der Waals surface area contributed by atoms with E-state index in [4.69, 9.17) is 17.2 Å². The summed E-state index contributed by atoms with van der Waals surface area (Å²) in [6, 6.07) is 15.1. The molecule has 1 aliphatic rings. The number of hydrogen-bond donors (Lipinski definition) is 1. The summed E-state index contributed by atoms with van der Waals surface area (Å²) in [6.45, 7) is 7.03. The first-order chi connectivity index (χ1) is 10.5. The van der Waals surface area contributed by atoms with E-state index in [9.17, 15) is 0 Å². The zero-order valence-electron chi connectivity index (χ0n) is 13.2. The molecular formula is C19H20N2S. The van der Waals surface area contributed by atoms with Crippen molar-refractivity contribution in [1.29, 1.82) is 0 Å². The smallest absolute Gasteiger partial charge is 0.102 e. The standard InChI is InChI=1S/C19H20N2S/c1-12(2)14-5-7-15(8-6-14)19-16-9-4-13(3)10-17(16)21-18(22)11-20-19/h4-10,12H,11H2,1-3H3,(H,21,22). The fourth-order valence-corrected chi connectivity index (χ4v) is 2.84. The average molecular weight is 308 g/mol. The Morgan fingerprint density at radius 2 is 1.82 bits per heavy atom. The van der Waals surface area contributed by atoms with Crippen LogP contribution in [0.25, 0.3) is 0 Å². The van der Waals surface area contributed by atoms with E-state index in [1.165, 1.54) is 11.1 Å². The SMILES string of the molecule is Cc1ccc2c(c1)NC(=S)CN=C2c1ccc(C(C)C)cc1. The van der Waals surface area contributed by atoms with Crippen molar-refractivity contribution in [1.82, 2.24) is 0 Å². The van der Waals surface area contributed by atoms with Gasteiger partial charge in [0, 0.05) is 16.8 Å². The molecular weight excluding hydrogens is 288 g/mol. The first kappa shape index (κ1) is 14.9. The van der Waals surface area contributed by atoms with Crippen LogP contribution < -0.4 is 5.32 Å². The van der Waals surface area contributed by atoms with Crippen LogP contribution in [0.15, 0.2) is 47.5 Å². The van der Waals surface area contributed by atoms with Gasteiger partial charge < -0.3 is 5.32 Å². The lowest BCUT2D eigenvalue weighted by Gasteiger charge is -2.12. The topological polar surface area (TPSA) is 24.4 Å². The Morgan fingerprint density at radius 1 is 1.09 bits per heavy atom. The van der Waals surface area contributed by atoms with Crippen molar-refractivity contribution in [3.05, 3.63) is 64.7 Å². The summed E-state index contributed by atoms with van der Waals surface area (Å²) in [4.78, 5) is 5.50. The molecule has 0 unspecified atom stereocenters. The van der Waals surface area contributed by atoms with E-state index >= 15 is 0 Å². The molecule has 2 aromatic rings. The number of hydrogen-bond acceptors (Lipinski definition) is 2. The van der Waals surface area contributed by atoms with E-state index < -0.39 is 0 Å². The zero-order chi connectivity index (χ0) is 15.7. The first-order valence-corrected chi connectivity index (χ1v) is 8.01. The number of nitrogens with zero attached hydrogens (tertiary/aromatic N) is 1. The zero-order valence-corrected chi connectivity index (χ0v) is 14.0. The highest BCUT2D eigenvalue weighted by Gasteiger charge is 2.16. The second-order valence-electron chi connectivity index (χ2n) is 6.04. The van der Waals surface area contributed by atoms with Crippen LogP contribution in [0.1, 0.15) is 42.0 Å². The summed E-state index contributed by atoms with van der Waals surface area (Å²) in [5, 5.41) is 3.31. The van der Waals surface area contributed by atoms with Gasteiger partial charge in [0.15, 0.2) is 0 Å². The molecule has 0 atom stereocenters. The minimum absolute atomic E-state index is 0.532. The second-order valence-corrected chi connectivity index (χ2v) is 6.53. The Kier molecular flexibility index (Phi) is 4.08. The van der Waals surface area contributed by atoms with Gasteiger partial charge >= 0.3 is 0 Å². The Hall–Kier alpha value is -2.00. The quantitative estimate of drug-likeness (QED) is 0.813. The van der Waals surface area contributed by atoms with Crippen molar-refractivity contribution in [2.24, 2.45) is 4.99 Å².